The predicted molar refractivity (Wildman–Crippen MR) is 74.8 cm³/mol. The van der Waals surface area contributed by atoms with E-state index in [1.54, 1.807) is 21.3 Å². The van der Waals surface area contributed by atoms with Crippen molar-refractivity contribution in [3.8, 4) is 11.5 Å². The Morgan fingerprint density at radius 1 is 1.11 bits per heavy atom. The van der Waals surface area contributed by atoms with E-state index in [0.717, 1.165) is 29.9 Å². The molecule has 0 atom stereocenters. The molecule has 0 heterocycles. The molecule has 0 aromatic heterocycles. The lowest BCUT2D eigenvalue weighted by Crippen LogP contribution is -2.41. The van der Waals surface area contributed by atoms with Gasteiger partial charge in [0, 0.05) is 30.2 Å². The fourth-order valence-electron chi connectivity index (χ4n) is 2.90. The number of rotatable bonds is 6. The lowest BCUT2D eigenvalue weighted by Gasteiger charge is -2.42. The maximum atomic E-state index is 5.99. The van der Waals surface area contributed by atoms with Gasteiger partial charge in [-0.3, -0.25) is 0 Å². The van der Waals surface area contributed by atoms with Crippen LogP contribution in [-0.4, -0.2) is 27.9 Å². The third-order valence-electron chi connectivity index (χ3n) is 4.17. The Morgan fingerprint density at radius 3 is 2.21 bits per heavy atom. The van der Waals surface area contributed by atoms with Crippen molar-refractivity contribution < 1.29 is 14.2 Å². The molecule has 19 heavy (non-hydrogen) atoms. The Kier molecular flexibility index (Phi) is 4.32. The molecule has 0 aliphatic heterocycles. The average molecular weight is 265 g/mol. The van der Waals surface area contributed by atoms with Crippen molar-refractivity contribution >= 4 is 0 Å². The van der Waals surface area contributed by atoms with E-state index in [1.807, 2.05) is 0 Å². The molecule has 0 saturated heterocycles. The lowest BCUT2D eigenvalue weighted by atomic mass is 9.64. The molecule has 0 spiro atoms. The van der Waals surface area contributed by atoms with Crippen molar-refractivity contribution in [3.05, 3.63) is 23.3 Å². The van der Waals surface area contributed by atoms with E-state index in [-0.39, 0.29) is 5.41 Å². The highest BCUT2D eigenvalue weighted by atomic mass is 16.5. The number of benzene rings is 1. The SMILES string of the molecule is COCc1ccc(C2(CN)CCC2)c(OC)c1OC. The van der Waals surface area contributed by atoms with Gasteiger partial charge >= 0.3 is 0 Å². The van der Waals surface area contributed by atoms with E-state index in [1.165, 1.54) is 12.0 Å². The second kappa shape index (κ2) is 5.80. The summed E-state index contributed by atoms with van der Waals surface area (Å²) in [7, 11) is 5.02. The van der Waals surface area contributed by atoms with Crippen LogP contribution in [0.25, 0.3) is 0 Å². The first-order valence-electron chi connectivity index (χ1n) is 6.65. The van der Waals surface area contributed by atoms with Gasteiger partial charge in [-0.15, -0.1) is 0 Å². The van der Waals surface area contributed by atoms with Crippen LogP contribution in [0.5, 0.6) is 11.5 Å². The highest BCUT2D eigenvalue weighted by Crippen LogP contribution is 2.49. The summed E-state index contributed by atoms with van der Waals surface area (Å²) in [5, 5.41) is 0. The molecular weight excluding hydrogens is 242 g/mol. The van der Waals surface area contributed by atoms with Gasteiger partial charge in [-0.2, -0.15) is 0 Å². The molecule has 1 fully saturated rings. The van der Waals surface area contributed by atoms with Crippen LogP contribution in [0, 0.1) is 0 Å². The third kappa shape index (κ3) is 2.30. The smallest absolute Gasteiger partial charge is 0.166 e. The summed E-state index contributed by atoms with van der Waals surface area (Å²) in [5.41, 5.74) is 8.22. The van der Waals surface area contributed by atoms with Crippen LogP contribution < -0.4 is 15.2 Å². The average Bonchev–Trinajstić information content (AvgIpc) is 2.39. The maximum Gasteiger partial charge on any atom is 0.166 e. The minimum absolute atomic E-state index is 0.0597. The molecule has 2 rings (SSSR count). The van der Waals surface area contributed by atoms with Crippen LogP contribution in [0.15, 0.2) is 12.1 Å². The lowest BCUT2D eigenvalue weighted by molar-refractivity contribution is 0.180. The van der Waals surface area contributed by atoms with Gasteiger partial charge in [0.2, 0.25) is 0 Å². The van der Waals surface area contributed by atoms with Crippen molar-refractivity contribution in [2.24, 2.45) is 5.73 Å². The molecule has 4 heteroatoms. The minimum atomic E-state index is 0.0597. The van der Waals surface area contributed by atoms with Crippen molar-refractivity contribution in [1.29, 1.82) is 0 Å². The normalized spacial score (nSPS) is 16.8. The summed E-state index contributed by atoms with van der Waals surface area (Å²) in [6.45, 7) is 1.16. The Balaban J connectivity index is 2.50. The van der Waals surface area contributed by atoms with Crippen molar-refractivity contribution in [2.45, 2.75) is 31.3 Å². The van der Waals surface area contributed by atoms with E-state index in [4.69, 9.17) is 19.9 Å². The quantitative estimate of drug-likeness (QED) is 0.857. The first-order valence-corrected chi connectivity index (χ1v) is 6.65. The van der Waals surface area contributed by atoms with Gasteiger partial charge in [0.25, 0.3) is 0 Å². The molecule has 1 aliphatic carbocycles. The highest BCUT2D eigenvalue weighted by Gasteiger charge is 2.40. The van der Waals surface area contributed by atoms with Crippen LogP contribution in [-0.2, 0) is 16.8 Å². The molecule has 1 saturated carbocycles. The van der Waals surface area contributed by atoms with Crippen molar-refractivity contribution in [3.63, 3.8) is 0 Å². The highest BCUT2D eigenvalue weighted by molar-refractivity contribution is 5.55. The largest absolute Gasteiger partial charge is 0.493 e. The summed E-state index contributed by atoms with van der Waals surface area (Å²) in [5.74, 6) is 1.57. The molecular formula is C15H23NO3. The molecule has 0 amide bonds. The number of ether oxygens (including phenoxy) is 3. The first kappa shape index (κ1) is 14.2. The monoisotopic (exact) mass is 265 g/mol. The van der Waals surface area contributed by atoms with Crippen molar-refractivity contribution in [1.82, 2.24) is 0 Å². The molecule has 106 valence electrons. The zero-order valence-corrected chi connectivity index (χ0v) is 12.0. The van der Waals surface area contributed by atoms with Gasteiger partial charge in [0.1, 0.15) is 0 Å². The Labute approximate surface area is 114 Å². The zero-order chi connectivity index (χ0) is 13.9. The number of hydrogen-bond acceptors (Lipinski definition) is 4. The number of nitrogens with two attached hydrogens (primary N) is 1. The fraction of sp³-hybridized carbons (Fsp3) is 0.600. The summed E-state index contributed by atoms with van der Waals surface area (Å²) < 4.78 is 16.3. The summed E-state index contributed by atoms with van der Waals surface area (Å²) in [6.07, 6.45) is 3.46. The van der Waals surface area contributed by atoms with Gasteiger partial charge in [0.05, 0.1) is 20.8 Å². The van der Waals surface area contributed by atoms with Gasteiger partial charge in [0.15, 0.2) is 11.5 Å². The molecule has 1 aromatic carbocycles. The Bertz CT molecular complexity index is 436. The van der Waals surface area contributed by atoms with Crippen LogP contribution >= 0.6 is 0 Å². The molecule has 0 unspecified atom stereocenters. The van der Waals surface area contributed by atoms with Crippen LogP contribution in [0.4, 0.5) is 0 Å². The van der Waals surface area contributed by atoms with Crippen LogP contribution in [0.2, 0.25) is 0 Å². The minimum Gasteiger partial charge on any atom is -0.493 e. The molecule has 1 aliphatic rings. The van der Waals surface area contributed by atoms with E-state index in [2.05, 4.69) is 12.1 Å². The number of methoxy groups -OCH3 is 3. The Morgan fingerprint density at radius 2 is 1.79 bits per heavy atom. The van der Waals surface area contributed by atoms with Crippen LogP contribution in [0.1, 0.15) is 30.4 Å². The summed E-state index contributed by atoms with van der Waals surface area (Å²) in [4.78, 5) is 0. The zero-order valence-electron chi connectivity index (χ0n) is 12.0. The summed E-state index contributed by atoms with van der Waals surface area (Å²) >= 11 is 0. The first-order chi connectivity index (χ1) is 9.22. The van der Waals surface area contributed by atoms with E-state index >= 15 is 0 Å². The van der Waals surface area contributed by atoms with Gasteiger partial charge in [-0.05, 0) is 12.8 Å². The second-order valence-electron chi connectivity index (χ2n) is 5.11. The predicted octanol–water partition coefficient (Wildman–Crippen LogP) is 2.23. The standard InChI is InChI=1S/C15H23NO3/c1-17-9-11-5-6-12(14(19-3)13(11)18-2)15(10-16)7-4-8-15/h5-6H,4,7-10,16H2,1-3H3. The molecule has 1 aromatic rings. The van der Waals surface area contributed by atoms with Gasteiger partial charge in [-0.25, -0.2) is 0 Å². The topological polar surface area (TPSA) is 53.7 Å². The third-order valence-corrected chi connectivity index (χ3v) is 4.17. The molecule has 2 N–H and O–H groups in total. The number of hydrogen-bond donors (Lipinski definition) is 1. The van der Waals surface area contributed by atoms with Gasteiger partial charge < -0.3 is 19.9 Å². The summed E-state index contributed by atoms with van der Waals surface area (Å²) in [6, 6.07) is 4.16. The van der Waals surface area contributed by atoms with Crippen molar-refractivity contribution in [2.75, 3.05) is 27.9 Å². The van der Waals surface area contributed by atoms with Gasteiger partial charge in [-0.1, -0.05) is 18.6 Å². The fourth-order valence-corrected chi connectivity index (χ4v) is 2.90. The Hall–Kier alpha value is -1.26. The van der Waals surface area contributed by atoms with Crippen LogP contribution in [0.3, 0.4) is 0 Å². The maximum absolute atomic E-state index is 5.99. The second-order valence-corrected chi connectivity index (χ2v) is 5.11. The van der Waals surface area contributed by atoms with E-state index in [0.29, 0.717) is 13.2 Å². The molecule has 4 nitrogen and oxygen atoms in total. The van der Waals surface area contributed by atoms with E-state index in [9.17, 15) is 0 Å². The molecule has 0 bridgehead atoms. The van der Waals surface area contributed by atoms with E-state index < -0.39 is 0 Å². The molecule has 0 radical (unpaired) electrons.